The van der Waals surface area contributed by atoms with Gasteiger partial charge in [0.15, 0.2) is 0 Å². The first-order valence-electron chi connectivity index (χ1n) is 8.33. The largest absolute Gasteiger partial charge is 0.458 e. The SMILES string of the molecule is CC(C)(C)OC(=O)[C@H](Cc1ccccc1)NC(=O)Nc1ccc(Br)cc1. The van der Waals surface area contributed by atoms with E-state index in [1.807, 2.05) is 42.5 Å². The first-order chi connectivity index (χ1) is 12.2. The smallest absolute Gasteiger partial charge is 0.329 e. The highest BCUT2D eigenvalue weighted by Gasteiger charge is 2.27. The summed E-state index contributed by atoms with van der Waals surface area (Å²) in [7, 11) is 0. The summed E-state index contributed by atoms with van der Waals surface area (Å²) in [4.78, 5) is 24.9. The third kappa shape index (κ3) is 6.88. The van der Waals surface area contributed by atoms with Gasteiger partial charge in [-0.15, -0.1) is 0 Å². The van der Waals surface area contributed by atoms with E-state index in [1.54, 1.807) is 32.9 Å². The number of carbonyl (C=O) groups is 2. The van der Waals surface area contributed by atoms with E-state index >= 15 is 0 Å². The van der Waals surface area contributed by atoms with Crippen molar-refractivity contribution in [2.75, 3.05) is 5.32 Å². The number of amides is 2. The number of nitrogens with one attached hydrogen (secondary N) is 2. The van der Waals surface area contributed by atoms with Crippen LogP contribution < -0.4 is 10.6 Å². The van der Waals surface area contributed by atoms with Crippen molar-refractivity contribution in [2.24, 2.45) is 0 Å². The molecule has 0 saturated heterocycles. The van der Waals surface area contributed by atoms with E-state index in [0.29, 0.717) is 12.1 Å². The second-order valence-corrected chi connectivity index (χ2v) is 7.80. The lowest BCUT2D eigenvalue weighted by Gasteiger charge is -2.24. The highest BCUT2D eigenvalue weighted by atomic mass is 79.9. The average molecular weight is 419 g/mol. The van der Waals surface area contributed by atoms with Gasteiger partial charge in [0.2, 0.25) is 0 Å². The zero-order chi connectivity index (χ0) is 19.2. The molecule has 0 bridgehead atoms. The van der Waals surface area contributed by atoms with Crippen molar-refractivity contribution in [2.45, 2.75) is 38.8 Å². The minimum absolute atomic E-state index is 0.351. The predicted molar refractivity (Wildman–Crippen MR) is 106 cm³/mol. The van der Waals surface area contributed by atoms with Gasteiger partial charge in [0.1, 0.15) is 11.6 Å². The standard InChI is InChI=1S/C20H23BrN2O3/c1-20(2,3)26-18(24)17(13-14-7-5-4-6-8-14)23-19(25)22-16-11-9-15(21)10-12-16/h4-12,17H,13H2,1-3H3,(H2,22,23,25)/t17-/m0/s1. The van der Waals surface area contributed by atoms with Crippen molar-refractivity contribution >= 4 is 33.6 Å². The van der Waals surface area contributed by atoms with Crippen molar-refractivity contribution in [3.05, 3.63) is 64.6 Å². The van der Waals surface area contributed by atoms with E-state index in [0.717, 1.165) is 10.0 Å². The number of esters is 1. The van der Waals surface area contributed by atoms with Crippen molar-refractivity contribution in [1.82, 2.24) is 5.32 Å². The molecule has 5 nitrogen and oxygen atoms in total. The van der Waals surface area contributed by atoms with Crippen LogP contribution >= 0.6 is 15.9 Å². The van der Waals surface area contributed by atoms with Crippen molar-refractivity contribution < 1.29 is 14.3 Å². The van der Waals surface area contributed by atoms with Crippen molar-refractivity contribution in [3.63, 3.8) is 0 Å². The number of urea groups is 1. The number of halogens is 1. The zero-order valence-electron chi connectivity index (χ0n) is 15.1. The van der Waals surface area contributed by atoms with Crippen molar-refractivity contribution in [1.29, 1.82) is 0 Å². The molecule has 2 N–H and O–H groups in total. The third-order valence-electron chi connectivity index (χ3n) is 3.38. The molecule has 0 aliphatic carbocycles. The summed E-state index contributed by atoms with van der Waals surface area (Å²) in [5, 5.41) is 5.44. The molecule has 0 heterocycles. The highest BCUT2D eigenvalue weighted by Crippen LogP contribution is 2.15. The molecule has 2 aromatic rings. The highest BCUT2D eigenvalue weighted by molar-refractivity contribution is 9.10. The van der Waals surface area contributed by atoms with E-state index < -0.39 is 23.6 Å². The molecular weight excluding hydrogens is 396 g/mol. The summed E-state index contributed by atoms with van der Waals surface area (Å²) >= 11 is 3.35. The Balaban J connectivity index is 2.07. The average Bonchev–Trinajstić information content (AvgIpc) is 2.56. The fraction of sp³-hybridized carbons (Fsp3) is 0.300. The quantitative estimate of drug-likeness (QED) is 0.701. The Morgan fingerprint density at radius 1 is 1.04 bits per heavy atom. The van der Waals surface area contributed by atoms with Crippen LogP contribution in [0.15, 0.2) is 59.1 Å². The van der Waals surface area contributed by atoms with Gasteiger partial charge in [0, 0.05) is 16.6 Å². The number of carbonyl (C=O) groups excluding carboxylic acids is 2. The third-order valence-corrected chi connectivity index (χ3v) is 3.91. The Kier molecular flexibility index (Phi) is 6.80. The Morgan fingerprint density at radius 2 is 1.65 bits per heavy atom. The molecule has 0 saturated carbocycles. The predicted octanol–water partition coefficient (Wildman–Crippen LogP) is 4.52. The van der Waals surface area contributed by atoms with Crippen LogP contribution in [0.1, 0.15) is 26.3 Å². The number of hydrogen-bond acceptors (Lipinski definition) is 3. The molecule has 138 valence electrons. The van der Waals surface area contributed by atoms with Gasteiger partial charge in [-0.25, -0.2) is 9.59 Å². The van der Waals surface area contributed by atoms with Crippen LogP contribution in [-0.2, 0) is 16.0 Å². The molecule has 0 aliphatic rings. The lowest BCUT2D eigenvalue weighted by atomic mass is 10.1. The van der Waals surface area contributed by atoms with Gasteiger partial charge in [-0.3, -0.25) is 0 Å². The summed E-state index contributed by atoms with van der Waals surface area (Å²) in [5.41, 5.74) is 0.941. The number of ether oxygens (including phenoxy) is 1. The molecular formula is C20H23BrN2O3. The summed E-state index contributed by atoms with van der Waals surface area (Å²) in [6.45, 7) is 5.39. The van der Waals surface area contributed by atoms with Gasteiger partial charge >= 0.3 is 12.0 Å². The zero-order valence-corrected chi connectivity index (χ0v) is 16.7. The molecule has 0 aromatic heterocycles. The van der Waals surface area contributed by atoms with Gasteiger partial charge in [-0.05, 0) is 50.6 Å². The van der Waals surface area contributed by atoms with Crippen LogP contribution in [0, 0.1) is 0 Å². The summed E-state index contributed by atoms with van der Waals surface area (Å²) < 4.78 is 6.37. The van der Waals surface area contributed by atoms with E-state index in [1.165, 1.54) is 0 Å². The number of rotatable bonds is 5. The second kappa shape index (κ2) is 8.85. The summed E-state index contributed by atoms with van der Waals surface area (Å²) in [5.74, 6) is -0.465. The molecule has 1 atom stereocenters. The molecule has 0 spiro atoms. The maximum absolute atomic E-state index is 12.5. The molecule has 0 radical (unpaired) electrons. The van der Waals surface area contributed by atoms with Gasteiger partial charge in [0.25, 0.3) is 0 Å². The van der Waals surface area contributed by atoms with Crippen LogP contribution in [0.4, 0.5) is 10.5 Å². The van der Waals surface area contributed by atoms with E-state index in [-0.39, 0.29) is 0 Å². The lowest BCUT2D eigenvalue weighted by Crippen LogP contribution is -2.47. The molecule has 2 amide bonds. The Labute approximate surface area is 162 Å². The topological polar surface area (TPSA) is 67.4 Å². The number of benzene rings is 2. The first-order valence-corrected chi connectivity index (χ1v) is 9.12. The van der Waals surface area contributed by atoms with E-state index in [4.69, 9.17) is 4.74 Å². The fourth-order valence-electron chi connectivity index (χ4n) is 2.27. The maximum atomic E-state index is 12.5. The molecule has 26 heavy (non-hydrogen) atoms. The maximum Gasteiger partial charge on any atom is 0.329 e. The van der Waals surface area contributed by atoms with Crippen LogP contribution in [0.3, 0.4) is 0 Å². The fourth-order valence-corrected chi connectivity index (χ4v) is 2.54. The molecule has 0 aliphatic heterocycles. The number of anilines is 1. The van der Waals surface area contributed by atoms with Gasteiger partial charge in [0.05, 0.1) is 0 Å². The van der Waals surface area contributed by atoms with E-state index in [2.05, 4.69) is 26.6 Å². The van der Waals surface area contributed by atoms with Gasteiger partial charge < -0.3 is 15.4 Å². The molecule has 2 rings (SSSR count). The normalized spacial score (nSPS) is 12.2. The Morgan fingerprint density at radius 3 is 2.23 bits per heavy atom. The van der Waals surface area contributed by atoms with Gasteiger partial charge in [-0.1, -0.05) is 46.3 Å². The van der Waals surface area contributed by atoms with Gasteiger partial charge in [-0.2, -0.15) is 0 Å². The lowest BCUT2D eigenvalue weighted by molar-refractivity contribution is -0.157. The second-order valence-electron chi connectivity index (χ2n) is 6.88. The van der Waals surface area contributed by atoms with Crippen LogP contribution in [0.25, 0.3) is 0 Å². The summed E-state index contributed by atoms with van der Waals surface area (Å²) in [6, 6.07) is 15.4. The summed E-state index contributed by atoms with van der Waals surface area (Å²) in [6.07, 6.45) is 0.351. The monoisotopic (exact) mass is 418 g/mol. The van der Waals surface area contributed by atoms with Crippen molar-refractivity contribution in [3.8, 4) is 0 Å². The minimum atomic E-state index is -0.785. The number of hydrogen-bond donors (Lipinski definition) is 2. The minimum Gasteiger partial charge on any atom is -0.458 e. The van der Waals surface area contributed by atoms with Crippen LogP contribution in [0.5, 0.6) is 0 Å². The Hall–Kier alpha value is -2.34. The van der Waals surface area contributed by atoms with Crippen LogP contribution in [-0.4, -0.2) is 23.6 Å². The first kappa shape index (κ1) is 20.0. The van der Waals surface area contributed by atoms with E-state index in [9.17, 15) is 9.59 Å². The molecule has 0 unspecified atom stereocenters. The van der Waals surface area contributed by atoms with Crippen LogP contribution in [0.2, 0.25) is 0 Å². The molecule has 2 aromatic carbocycles. The molecule has 0 fully saturated rings. The Bertz CT molecular complexity index is 740. The molecule has 6 heteroatoms.